The first-order chi connectivity index (χ1) is 10.4. The van der Waals surface area contributed by atoms with Gasteiger partial charge in [0.15, 0.2) is 0 Å². The van der Waals surface area contributed by atoms with E-state index in [0.29, 0.717) is 11.1 Å². The third-order valence-electron chi connectivity index (χ3n) is 4.19. The zero-order valence-electron chi connectivity index (χ0n) is 12.8. The summed E-state index contributed by atoms with van der Waals surface area (Å²) in [5.41, 5.74) is -3.04. The van der Waals surface area contributed by atoms with Gasteiger partial charge in [0.2, 0.25) is 0 Å². The van der Waals surface area contributed by atoms with Crippen LogP contribution < -0.4 is 0 Å². The van der Waals surface area contributed by atoms with E-state index in [4.69, 9.17) is 0 Å². The summed E-state index contributed by atoms with van der Waals surface area (Å²) < 4.78 is 80.6. The molecular weight excluding hydrogens is 318 g/mol. The van der Waals surface area contributed by atoms with Gasteiger partial charge in [0.05, 0.1) is 11.0 Å². The first-order valence-corrected chi connectivity index (χ1v) is 6.98. The van der Waals surface area contributed by atoms with Crippen LogP contribution in [0.1, 0.15) is 36.5 Å². The zero-order valence-corrected chi connectivity index (χ0v) is 12.8. The van der Waals surface area contributed by atoms with E-state index in [1.807, 2.05) is 0 Å². The average Bonchev–Trinajstić information content (AvgIpc) is 2.37. The molecule has 0 aromatic heterocycles. The van der Waals surface area contributed by atoms with Gasteiger partial charge in [-0.1, -0.05) is 41.5 Å². The van der Waals surface area contributed by atoms with Crippen LogP contribution in [-0.4, -0.2) is 6.18 Å². The maximum absolute atomic E-state index is 13.6. The Bertz CT molecular complexity index is 663. The lowest BCUT2D eigenvalue weighted by molar-refractivity contribution is -0.205. The minimum absolute atomic E-state index is 0.348. The fourth-order valence-corrected chi connectivity index (χ4v) is 2.93. The second-order valence-electron chi connectivity index (χ2n) is 6.09. The molecule has 2 atom stereocenters. The highest BCUT2D eigenvalue weighted by atomic mass is 19.4. The van der Waals surface area contributed by atoms with E-state index in [2.05, 4.69) is 0 Å². The lowest BCUT2D eigenvalue weighted by Gasteiger charge is -2.39. The second kappa shape index (κ2) is 5.42. The van der Waals surface area contributed by atoms with Gasteiger partial charge in [0.1, 0.15) is 0 Å². The Morgan fingerprint density at radius 3 is 2.13 bits per heavy atom. The molecule has 0 bridgehead atoms. The average molecular weight is 334 g/mol. The molecule has 1 aliphatic carbocycles. The van der Waals surface area contributed by atoms with Gasteiger partial charge in [-0.15, -0.1) is 0 Å². The Labute approximate surface area is 130 Å². The van der Waals surface area contributed by atoms with Crippen LogP contribution in [0, 0.1) is 12.3 Å². The molecule has 2 rings (SSSR count). The quantitative estimate of drug-likeness (QED) is 0.538. The Balaban J connectivity index is 2.68. The van der Waals surface area contributed by atoms with Crippen molar-refractivity contribution in [2.45, 2.75) is 39.0 Å². The minimum Gasteiger partial charge on any atom is -0.170 e. The summed E-state index contributed by atoms with van der Waals surface area (Å²) in [5.74, 6) is -1.43. The smallest absolute Gasteiger partial charge is 0.170 e. The van der Waals surface area contributed by atoms with Crippen LogP contribution in [0.2, 0.25) is 0 Å². The molecular formula is C17H16F6. The molecule has 23 heavy (non-hydrogen) atoms. The van der Waals surface area contributed by atoms with Crippen molar-refractivity contribution in [3.8, 4) is 0 Å². The topological polar surface area (TPSA) is 0 Å². The number of benzene rings is 1. The fourth-order valence-electron chi connectivity index (χ4n) is 2.93. The lowest BCUT2D eigenvalue weighted by atomic mass is 9.68. The number of allylic oxidation sites excluding steroid dienone is 4. The van der Waals surface area contributed by atoms with Gasteiger partial charge < -0.3 is 0 Å². The highest BCUT2D eigenvalue weighted by molar-refractivity contribution is 5.44. The molecule has 0 fully saturated rings. The van der Waals surface area contributed by atoms with E-state index in [1.165, 1.54) is 32.1 Å². The minimum atomic E-state index is -4.71. The van der Waals surface area contributed by atoms with Gasteiger partial charge in [-0.05, 0) is 32.4 Å². The SMILES string of the molecule is CC1=CC(C)(C(F)(F)F)C(c2ccc(C)cc2C(F)(F)F)C=C1. The first-order valence-electron chi connectivity index (χ1n) is 6.98. The Morgan fingerprint density at radius 1 is 1.00 bits per heavy atom. The molecule has 1 aliphatic rings. The van der Waals surface area contributed by atoms with Crippen LogP contribution in [0.4, 0.5) is 26.3 Å². The van der Waals surface area contributed by atoms with Gasteiger partial charge in [-0.2, -0.15) is 26.3 Å². The molecule has 1 aromatic carbocycles. The maximum Gasteiger partial charge on any atom is 0.416 e. The van der Waals surface area contributed by atoms with Gasteiger partial charge >= 0.3 is 12.4 Å². The summed E-state index contributed by atoms with van der Waals surface area (Å²) >= 11 is 0. The molecule has 6 heteroatoms. The highest BCUT2D eigenvalue weighted by Crippen LogP contribution is 2.54. The molecule has 0 aliphatic heterocycles. The fraction of sp³-hybridized carbons (Fsp3) is 0.412. The van der Waals surface area contributed by atoms with E-state index in [-0.39, 0.29) is 5.56 Å². The highest BCUT2D eigenvalue weighted by Gasteiger charge is 2.56. The molecule has 0 spiro atoms. The van der Waals surface area contributed by atoms with Crippen molar-refractivity contribution >= 4 is 0 Å². The van der Waals surface area contributed by atoms with Crippen LogP contribution in [0.25, 0.3) is 0 Å². The summed E-state index contributed by atoms with van der Waals surface area (Å²) in [6.07, 6.45) is -5.74. The van der Waals surface area contributed by atoms with Gasteiger partial charge in [-0.25, -0.2) is 0 Å². The van der Waals surface area contributed by atoms with E-state index < -0.39 is 29.2 Å². The van der Waals surface area contributed by atoms with Crippen molar-refractivity contribution in [3.63, 3.8) is 0 Å². The Morgan fingerprint density at radius 2 is 1.61 bits per heavy atom. The zero-order chi connectivity index (χ0) is 17.6. The molecule has 0 saturated carbocycles. The van der Waals surface area contributed by atoms with Crippen molar-refractivity contribution in [1.29, 1.82) is 0 Å². The predicted octanol–water partition coefficient (Wildman–Crippen LogP) is 6.18. The van der Waals surface area contributed by atoms with Gasteiger partial charge in [0.25, 0.3) is 0 Å². The van der Waals surface area contributed by atoms with Crippen molar-refractivity contribution < 1.29 is 26.3 Å². The molecule has 126 valence electrons. The summed E-state index contributed by atoms with van der Waals surface area (Å²) in [7, 11) is 0. The van der Waals surface area contributed by atoms with Gasteiger partial charge in [0, 0.05) is 5.92 Å². The third kappa shape index (κ3) is 3.16. The van der Waals surface area contributed by atoms with Crippen molar-refractivity contribution in [1.82, 2.24) is 0 Å². The Hall–Kier alpha value is -1.72. The van der Waals surface area contributed by atoms with E-state index in [1.54, 1.807) is 0 Å². The summed E-state index contributed by atoms with van der Waals surface area (Å²) in [4.78, 5) is 0. The standard InChI is InChI=1S/C17H16F6/c1-10-4-6-12(14(8-10)16(18,19)20)13-7-5-11(2)9-15(13,3)17(21,22)23/h4-9,13H,1-3H3. The van der Waals surface area contributed by atoms with Crippen LogP contribution in [0.3, 0.4) is 0 Å². The number of aryl methyl sites for hydroxylation is 1. The normalized spacial score (nSPS) is 25.4. The number of halogens is 6. The molecule has 0 saturated heterocycles. The van der Waals surface area contributed by atoms with E-state index in [9.17, 15) is 26.3 Å². The summed E-state index contributed by atoms with van der Waals surface area (Å²) in [5, 5.41) is 0. The number of hydrogen-bond acceptors (Lipinski definition) is 0. The molecule has 1 aromatic rings. The molecule has 0 radical (unpaired) electrons. The van der Waals surface area contributed by atoms with Crippen LogP contribution in [0.5, 0.6) is 0 Å². The second-order valence-corrected chi connectivity index (χ2v) is 6.09. The predicted molar refractivity (Wildman–Crippen MR) is 76.0 cm³/mol. The van der Waals surface area contributed by atoms with E-state index >= 15 is 0 Å². The Kier molecular flexibility index (Phi) is 4.16. The molecule has 0 heterocycles. The van der Waals surface area contributed by atoms with Crippen molar-refractivity contribution in [3.05, 3.63) is 58.7 Å². The lowest BCUT2D eigenvalue weighted by Crippen LogP contribution is -2.40. The maximum atomic E-state index is 13.6. The summed E-state index contributed by atoms with van der Waals surface area (Å²) in [6, 6.07) is 3.44. The largest absolute Gasteiger partial charge is 0.416 e. The van der Waals surface area contributed by atoms with Gasteiger partial charge in [-0.3, -0.25) is 0 Å². The van der Waals surface area contributed by atoms with Crippen LogP contribution in [0.15, 0.2) is 42.0 Å². The van der Waals surface area contributed by atoms with E-state index in [0.717, 1.165) is 25.1 Å². The number of hydrogen-bond donors (Lipinski definition) is 0. The number of alkyl halides is 6. The monoisotopic (exact) mass is 334 g/mol. The van der Waals surface area contributed by atoms with Crippen molar-refractivity contribution in [2.24, 2.45) is 5.41 Å². The van der Waals surface area contributed by atoms with Crippen LogP contribution >= 0.6 is 0 Å². The van der Waals surface area contributed by atoms with Crippen LogP contribution in [-0.2, 0) is 6.18 Å². The summed E-state index contributed by atoms with van der Waals surface area (Å²) in [6.45, 7) is 3.91. The third-order valence-corrected chi connectivity index (χ3v) is 4.19. The molecule has 0 N–H and O–H groups in total. The van der Waals surface area contributed by atoms with Crippen molar-refractivity contribution in [2.75, 3.05) is 0 Å². The molecule has 2 unspecified atom stereocenters. The molecule has 0 amide bonds. The first kappa shape index (κ1) is 17.6. The molecule has 0 nitrogen and oxygen atoms in total. The number of rotatable bonds is 1.